The molecule has 0 atom stereocenters. The highest BCUT2D eigenvalue weighted by atomic mass is 32.1. The summed E-state index contributed by atoms with van der Waals surface area (Å²) in [6.45, 7) is 11.2. The fourth-order valence-corrected chi connectivity index (χ4v) is 5.76. The fourth-order valence-electron chi connectivity index (χ4n) is 4.57. The van der Waals surface area contributed by atoms with E-state index in [1.165, 1.54) is 76.7 Å². The highest BCUT2D eigenvalue weighted by molar-refractivity contribution is 7.26. The molecule has 0 fully saturated rings. The molecule has 3 heterocycles. The maximum atomic E-state index is 5.18. The molecular formula is C24H34N4S. The van der Waals surface area contributed by atoms with E-state index in [2.05, 4.69) is 32.6 Å². The quantitative estimate of drug-likeness (QED) is 0.413. The monoisotopic (exact) mass is 410 g/mol. The van der Waals surface area contributed by atoms with Crippen LogP contribution in [0, 0.1) is 5.92 Å². The van der Waals surface area contributed by atoms with Crippen LogP contribution in [0.2, 0.25) is 0 Å². The summed E-state index contributed by atoms with van der Waals surface area (Å²) in [6, 6.07) is 0. The van der Waals surface area contributed by atoms with Crippen LogP contribution in [0.5, 0.6) is 0 Å². The molecule has 0 amide bonds. The van der Waals surface area contributed by atoms with Crippen molar-refractivity contribution in [3.05, 3.63) is 23.1 Å². The molecule has 0 saturated carbocycles. The van der Waals surface area contributed by atoms with Gasteiger partial charge in [0.15, 0.2) is 0 Å². The van der Waals surface area contributed by atoms with Crippen LogP contribution in [0.4, 0.5) is 5.82 Å². The summed E-state index contributed by atoms with van der Waals surface area (Å²) in [5.41, 5.74) is 5.50. The number of fused-ring (bicyclic) bond motifs is 5. The fraction of sp³-hybridized carbons (Fsp3) is 0.625. The summed E-state index contributed by atoms with van der Waals surface area (Å²) in [5.74, 6) is 1.75. The van der Waals surface area contributed by atoms with Crippen molar-refractivity contribution >= 4 is 37.6 Å². The molecule has 5 heteroatoms. The van der Waals surface area contributed by atoms with Gasteiger partial charge in [-0.25, -0.2) is 15.0 Å². The lowest BCUT2D eigenvalue weighted by atomic mass is 9.99. The molecule has 0 radical (unpaired) electrons. The second kappa shape index (κ2) is 8.95. The summed E-state index contributed by atoms with van der Waals surface area (Å²) in [4.78, 5) is 18.4. The molecule has 29 heavy (non-hydrogen) atoms. The normalized spacial score (nSPS) is 13.7. The van der Waals surface area contributed by atoms with Crippen molar-refractivity contribution in [1.82, 2.24) is 15.0 Å². The Balaban J connectivity index is 1.87. The van der Waals surface area contributed by atoms with Crippen LogP contribution in [0.3, 0.4) is 0 Å². The van der Waals surface area contributed by atoms with Crippen molar-refractivity contribution in [1.29, 1.82) is 0 Å². The van der Waals surface area contributed by atoms with Gasteiger partial charge in [0.2, 0.25) is 0 Å². The molecule has 0 bridgehead atoms. The molecule has 0 spiro atoms. The molecule has 0 unspecified atom stereocenters. The Morgan fingerprint density at radius 1 is 1.03 bits per heavy atom. The highest BCUT2D eigenvalue weighted by Crippen LogP contribution is 2.42. The average molecular weight is 411 g/mol. The zero-order valence-corrected chi connectivity index (χ0v) is 19.2. The molecule has 4 nitrogen and oxygen atoms in total. The number of aromatic nitrogens is 3. The Labute approximate surface area is 178 Å². The van der Waals surface area contributed by atoms with E-state index in [1.807, 2.05) is 11.3 Å². The van der Waals surface area contributed by atoms with Crippen LogP contribution >= 0.6 is 11.3 Å². The van der Waals surface area contributed by atoms with E-state index in [0.717, 1.165) is 30.8 Å². The van der Waals surface area contributed by atoms with Gasteiger partial charge < -0.3 is 4.90 Å². The first-order chi connectivity index (χ1) is 14.1. The van der Waals surface area contributed by atoms with Gasteiger partial charge in [-0.2, -0.15) is 0 Å². The minimum Gasteiger partial charge on any atom is -0.355 e. The first-order valence-corrected chi connectivity index (χ1v) is 12.3. The minimum absolute atomic E-state index is 0.632. The molecule has 0 aliphatic heterocycles. The zero-order chi connectivity index (χ0) is 20.4. The van der Waals surface area contributed by atoms with E-state index in [1.54, 1.807) is 6.33 Å². The molecule has 0 aromatic carbocycles. The standard InChI is InChI=1S/C24H34N4S/c1-5-7-12-28(13-8-6-2)23-22-21(25-15-26-23)20-18-11-9-10-17(18)19(14-16(3)4)27-24(20)29-22/h15-16H,5-14H2,1-4H3. The Bertz CT molecular complexity index is 984. The zero-order valence-electron chi connectivity index (χ0n) is 18.4. The predicted molar refractivity (Wildman–Crippen MR) is 125 cm³/mol. The highest BCUT2D eigenvalue weighted by Gasteiger charge is 2.25. The van der Waals surface area contributed by atoms with Gasteiger partial charge in [-0.1, -0.05) is 40.5 Å². The van der Waals surface area contributed by atoms with Crippen LogP contribution in [-0.2, 0) is 19.3 Å². The van der Waals surface area contributed by atoms with Gasteiger partial charge in [0.25, 0.3) is 0 Å². The molecule has 1 aliphatic rings. The van der Waals surface area contributed by atoms with Gasteiger partial charge in [-0.3, -0.25) is 0 Å². The van der Waals surface area contributed by atoms with E-state index in [9.17, 15) is 0 Å². The predicted octanol–water partition coefficient (Wildman–Crippen LogP) is 6.33. The second-order valence-electron chi connectivity index (χ2n) is 8.82. The number of hydrogen-bond donors (Lipinski definition) is 0. The number of hydrogen-bond acceptors (Lipinski definition) is 5. The summed E-state index contributed by atoms with van der Waals surface area (Å²) >= 11 is 1.81. The van der Waals surface area contributed by atoms with Crippen molar-refractivity contribution in [2.24, 2.45) is 5.92 Å². The van der Waals surface area contributed by atoms with Crippen LogP contribution in [0.25, 0.3) is 20.4 Å². The number of rotatable bonds is 9. The van der Waals surface area contributed by atoms with Crippen LogP contribution < -0.4 is 4.90 Å². The van der Waals surface area contributed by atoms with Crippen molar-refractivity contribution < 1.29 is 0 Å². The lowest BCUT2D eigenvalue weighted by Gasteiger charge is -2.23. The van der Waals surface area contributed by atoms with Gasteiger partial charge in [-0.05, 0) is 55.6 Å². The van der Waals surface area contributed by atoms with Crippen molar-refractivity contribution in [3.8, 4) is 0 Å². The molecule has 156 valence electrons. The average Bonchev–Trinajstić information content (AvgIpc) is 3.32. The molecular weight excluding hydrogens is 376 g/mol. The SMILES string of the molecule is CCCCN(CCCC)c1ncnc2c1sc1nc(CC(C)C)c3c(c12)CCC3. The smallest absolute Gasteiger partial charge is 0.150 e. The molecule has 3 aromatic rings. The summed E-state index contributed by atoms with van der Waals surface area (Å²) < 4.78 is 1.23. The molecule has 0 N–H and O–H groups in total. The van der Waals surface area contributed by atoms with E-state index < -0.39 is 0 Å². The third-order valence-corrected chi connectivity index (χ3v) is 7.07. The number of unbranched alkanes of at least 4 members (excludes halogenated alkanes) is 2. The van der Waals surface area contributed by atoms with E-state index in [-0.39, 0.29) is 0 Å². The van der Waals surface area contributed by atoms with Gasteiger partial charge in [0.05, 0.1) is 10.2 Å². The lowest BCUT2D eigenvalue weighted by molar-refractivity contribution is 0.632. The maximum Gasteiger partial charge on any atom is 0.150 e. The van der Waals surface area contributed by atoms with Crippen molar-refractivity contribution in [2.45, 2.75) is 79.1 Å². The van der Waals surface area contributed by atoms with E-state index in [4.69, 9.17) is 15.0 Å². The number of thiophene rings is 1. The molecule has 3 aromatic heterocycles. The first-order valence-electron chi connectivity index (χ1n) is 11.5. The van der Waals surface area contributed by atoms with Gasteiger partial charge in [-0.15, -0.1) is 11.3 Å². The Kier molecular flexibility index (Phi) is 6.33. The number of anilines is 1. The second-order valence-corrected chi connectivity index (χ2v) is 9.82. The molecule has 1 aliphatic carbocycles. The van der Waals surface area contributed by atoms with Gasteiger partial charge in [0, 0.05) is 24.2 Å². The van der Waals surface area contributed by atoms with Crippen molar-refractivity contribution in [3.63, 3.8) is 0 Å². The van der Waals surface area contributed by atoms with Gasteiger partial charge >= 0.3 is 0 Å². The van der Waals surface area contributed by atoms with Crippen molar-refractivity contribution in [2.75, 3.05) is 18.0 Å². The number of nitrogens with zero attached hydrogens (tertiary/aromatic N) is 4. The van der Waals surface area contributed by atoms with Crippen LogP contribution in [-0.4, -0.2) is 28.0 Å². The largest absolute Gasteiger partial charge is 0.355 e. The molecule has 0 saturated heterocycles. The molecule has 4 rings (SSSR count). The van der Waals surface area contributed by atoms with Crippen LogP contribution in [0.1, 0.15) is 76.6 Å². The lowest BCUT2D eigenvalue weighted by Crippen LogP contribution is -2.26. The Morgan fingerprint density at radius 2 is 1.76 bits per heavy atom. The Hall–Kier alpha value is -1.75. The first kappa shape index (κ1) is 20.5. The summed E-state index contributed by atoms with van der Waals surface area (Å²) in [7, 11) is 0. The van der Waals surface area contributed by atoms with E-state index in [0.29, 0.717) is 5.92 Å². The maximum absolute atomic E-state index is 5.18. The van der Waals surface area contributed by atoms with Gasteiger partial charge in [0.1, 0.15) is 17.0 Å². The Morgan fingerprint density at radius 3 is 2.45 bits per heavy atom. The summed E-state index contributed by atoms with van der Waals surface area (Å²) in [5, 5.41) is 1.32. The topological polar surface area (TPSA) is 41.9 Å². The third kappa shape index (κ3) is 3.98. The van der Waals surface area contributed by atoms with Crippen LogP contribution in [0.15, 0.2) is 6.33 Å². The third-order valence-electron chi connectivity index (χ3n) is 6.00. The van der Waals surface area contributed by atoms with E-state index >= 15 is 0 Å². The number of pyridine rings is 1. The summed E-state index contributed by atoms with van der Waals surface area (Å²) in [6.07, 6.45) is 11.2. The minimum atomic E-state index is 0.632. The number of aryl methyl sites for hydroxylation is 1.